The Kier molecular flexibility index (Phi) is 6.14. The normalized spacial score (nSPS) is 15.1. The van der Waals surface area contributed by atoms with Crippen LogP contribution in [-0.4, -0.2) is 21.8 Å². The molecule has 2 aromatic carbocycles. The van der Waals surface area contributed by atoms with Crippen LogP contribution in [0.1, 0.15) is 40.2 Å². The Balaban J connectivity index is 1.58. The van der Waals surface area contributed by atoms with Gasteiger partial charge in [0.25, 0.3) is 5.56 Å². The second kappa shape index (κ2) is 9.00. The number of nitrogens with zero attached hydrogens (tertiary/aromatic N) is 1. The van der Waals surface area contributed by atoms with Crippen molar-refractivity contribution < 1.29 is 9.59 Å². The van der Waals surface area contributed by atoms with E-state index < -0.39 is 17.4 Å². The Hall–Kier alpha value is -3.39. The first-order valence-corrected chi connectivity index (χ1v) is 11.3. The smallest absolute Gasteiger partial charge is 0.257 e. The Morgan fingerprint density at radius 3 is 2.56 bits per heavy atom. The minimum absolute atomic E-state index is 0.107. The lowest BCUT2D eigenvalue weighted by atomic mass is 9.92. The van der Waals surface area contributed by atoms with Crippen molar-refractivity contribution in [3.05, 3.63) is 80.6 Å². The zero-order valence-electron chi connectivity index (χ0n) is 18.1. The van der Waals surface area contributed by atoms with Gasteiger partial charge in [0, 0.05) is 17.9 Å². The third-order valence-electron chi connectivity index (χ3n) is 5.19. The number of thioether (sulfide) groups is 1. The maximum atomic E-state index is 13.0. The first-order valence-electron chi connectivity index (χ1n) is 10.3. The number of aryl methyl sites for hydroxylation is 3. The van der Waals surface area contributed by atoms with Gasteiger partial charge in [0.1, 0.15) is 5.82 Å². The number of fused-ring (bicyclic) bond motifs is 1. The molecule has 0 radical (unpaired) electrons. The topological polar surface area (TPSA) is 104 Å². The van der Waals surface area contributed by atoms with Crippen LogP contribution in [0, 0.1) is 20.8 Å². The molecule has 32 heavy (non-hydrogen) atoms. The fourth-order valence-electron chi connectivity index (χ4n) is 3.87. The Labute approximate surface area is 190 Å². The van der Waals surface area contributed by atoms with Crippen molar-refractivity contribution >= 4 is 35.1 Å². The van der Waals surface area contributed by atoms with Crippen LogP contribution in [0.25, 0.3) is 0 Å². The molecule has 0 fully saturated rings. The molecule has 3 aromatic rings. The lowest BCUT2D eigenvalue weighted by Gasteiger charge is -2.23. The number of amides is 2. The first kappa shape index (κ1) is 21.8. The zero-order chi connectivity index (χ0) is 22.8. The van der Waals surface area contributed by atoms with Crippen molar-refractivity contribution in [3.63, 3.8) is 0 Å². The fraction of sp³-hybridized carbons (Fsp3) is 0.250. The summed E-state index contributed by atoms with van der Waals surface area (Å²) in [5, 5.41) is 5.89. The summed E-state index contributed by atoms with van der Waals surface area (Å²) < 4.78 is 0. The van der Waals surface area contributed by atoms with Crippen LogP contribution in [-0.2, 0) is 15.3 Å². The second-order valence-electron chi connectivity index (χ2n) is 8.08. The summed E-state index contributed by atoms with van der Waals surface area (Å²) in [4.78, 5) is 45.4. The quantitative estimate of drug-likeness (QED) is 0.403. The van der Waals surface area contributed by atoms with E-state index >= 15 is 0 Å². The van der Waals surface area contributed by atoms with E-state index in [1.54, 1.807) is 0 Å². The standard InChI is InChI=1S/C24H24N4O3S/c1-13-5-4-6-16(8-13)12-32-24-27-21-20(23(31)28-24)18(11-19(29)26-21)22(30)25-17-9-14(2)7-15(3)10-17/h4-10,18H,11-12H2,1-3H3,(H,25,30)(H2,26,27,28,29,31)/t18-/m0/s1. The Morgan fingerprint density at radius 2 is 1.84 bits per heavy atom. The molecule has 2 amide bonds. The molecule has 0 aliphatic carbocycles. The number of hydrogen-bond donors (Lipinski definition) is 3. The van der Waals surface area contributed by atoms with Gasteiger partial charge in [-0.05, 0) is 49.6 Å². The van der Waals surface area contributed by atoms with Crippen LogP contribution in [0.2, 0.25) is 0 Å². The van der Waals surface area contributed by atoms with Crippen molar-refractivity contribution in [3.8, 4) is 0 Å². The van der Waals surface area contributed by atoms with Crippen molar-refractivity contribution in [2.24, 2.45) is 0 Å². The average Bonchev–Trinajstić information content (AvgIpc) is 2.70. The highest BCUT2D eigenvalue weighted by molar-refractivity contribution is 7.98. The van der Waals surface area contributed by atoms with E-state index in [0.29, 0.717) is 16.6 Å². The molecule has 1 aliphatic rings. The number of carbonyl (C=O) groups is 2. The van der Waals surface area contributed by atoms with Crippen molar-refractivity contribution in [1.82, 2.24) is 9.97 Å². The molecule has 8 heteroatoms. The molecule has 0 spiro atoms. The van der Waals surface area contributed by atoms with Gasteiger partial charge in [0.05, 0.1) is 11.5 Å². The first-order chi connectivity index (χ1) is 15.3. The summed E-state index contributed by atoms with van der Waals surface area (Å²) in [5.74, 6) is -0.887. The summed E-state index contributed by atoms with van der Waals surface area (Å²) in [7, 11) is 0. The minimum atomic E-state index is -0.911. The molecule has 1 aliphatic heterocycles. The molecule has 3 N–H and O–H groups in total. The SMILES string of the molecule is Cc1cccc(CSc2nc3c(c(=O)[nH]2)[C@@H](C(=O)Nc2cc(C)cc(C)c2)CC(=O)N3)c1. The van der Waals surface area contributed by atoms with Crippen molar-refractivity contribution in [2.75, 3.05) is 10.6 Å². The summed E-state index contributed by atoms with van der Waals surface area (Å²) in [6, 6.07) is 13.8. The molecule has 2 heterocycles. The van der Waals surface area contributed by atoms with Crippen LogP contribution in [0.3, 0.4) is 0 Å². The van der Waals surface area contributed by atoms with E-state index in [2.05, 4.69) is 26.7 Å². The molecule has 7 nitrogen and oxygen atoms in total. The summed E-state index contributed by atoms with van der Waals surface area (Å²) >= 11 is 1.37. The molecule has 164 valence electrons. The summed E-state index contributed by atoms with van der Waals surface area (Å²) in [6.45, 7) is 5.90. The number of anilines is 2. The minimum Gasteiger partial charge on any atom is -0.326 e. The average molecular weight is 449 g/mol. The highest BCUT2D eigenvalue weighted by Crippen LogP contribution is 2.31. The number of hydrogen-bond acceptors (Lipinski definition) is 5. The summed E-state index contributed by atoms with van der Waals surface area (Å²) in [6.07, 6.45) is -0.107. The fourth-order valence-corrected chi connectivity index (χ4v) is 4.68. The number of benzene rings is 2. The lowest BCUT2D eigenvalue weighted by Crippen LogP contribution is -2.36. The Bertz CT molecular complexity index is 1250. The van der Waals surface area contributed by atoms with Crippen LogP contribution in [0.15, 0.2) is 52.4 Å². The molecule has 0 saturated carbocycles. The van der Waals surface area contributed by atoms with E-state index in [9.17, 15) is 14.4 Å². The van der Waals surface area contributed by atoms with E-state index in [0.717, 1.165) is 22.3 Å². The zero-order valence-corrected chi connectivity index (χ0v) is 18.9. The third-order valence-corrected chi connectivity index (χ3v) is 6.14. The maximum absolute atomic E-state index is 13.0. The number of H-pyrrole nitrogens is 1. The number of aromatic amines is 1. The summed E-state index contributed by atoms with van der Waals surface area (Å²) in [5.41, 5.74) is 4.68. The monoisotopic (exact) mass is 448 g/mol. The number of aromatic nitrogens is 2. The lowest BCUT2D eigenvalue weighted by molar-refractivity contribution is -0.123. The molecule has 1 atom stereocenters. The highest BCUT2D eigenvalue weighted by Gasteiger charge is 2.34. The van der Waals surface area contributed by atoms with Gasteiger partial charge in [-0.3, -0.25) is 14.4 Å². The predicted molar refractivity (Wildman–Crippen MR) is 126 cm³/mol. The number of carbonyl (C=O) groups excluding carboxylic acids is 2. The third kappa shape index (κ3) is 4.91. The van der Waals surface area contributed by atoms with Crippen molar-refractivity contribution in [2.45, 2.75) is 44.0 Å². The molecular formula is C24H24N4O3S. The number of nitrogens with one attached hydrogen (secondary N) is 3. The predicted octanol–water partition coefficient (Wildman–Crippen LogP) is 4.05. The number of rotatable bonds is 5. The molecule has 4 rings (SSSR count). The Morgan fingerprint density at radius 1 is 1.09 bits per heavy atom. The van der Waals surface area contributed by atoms with Gasteiger partial charge in [0.2, 0.25) is 11.8 Å². The largest absolute Gasteiger partial charge is 0.326 e. The van der Waals surface area contributed by atoms with Gasteiger partial charge < -0.3 is 15.6 Å². The second-order valence-corrected chi connectivity index (χ2v) is 9.05. The molecule has 0 unspecified atom stereocenters. The highest BCUT2D eigenvalue weighted by atomic mass is 32.2. The van der Waals surface area contributed by atoms with Crippen LogP contribution < -0.4 is 16.2 Å². The maximum Gasteiger partial charge on any atom is 0.257 e. The van der Waals surface area contributed by atoms with Gasteiger partial charge in [-0.1, -0.05) is 47.7 Å². The molecule has 0 saturated heterocycles. The van der Waals surface area contributed by atoms with Gasteiger partial charge in [-0.2, -0.15) is 0 Å². The van der Waals surface area contributed by atoms with Gasteiger partial charge in [0.15, 0.2) is 5.16 Å². The molecular weight excluding hydrogens is 424 g/mol. The molecule has 1 aromatic heterocycles. The van der Waals surface area contributed by atoms with Gasteiger partial charge >= 0.3 is 0 Å². The van der Waals surface area contributed by atoms with Crippen molar-refractivity contribution in [1.29, 1.82) is 0 Å². The molecule has 0 bridgehead atoms. The van der Waals surface area contributed by atoms with Gasteiger partial charge in [-0.25, -0.2) is 4.98 Å². The van der Waals surface area contributed by atoms with E-state index in [1.165, 1.54) is 11.8 Å². The van der Waals surface area contributed by atoms with Crippen LogP contribution in [0.4, 0.5) is 11.5 Å². The van der Waals surface area contributed by atoms with Crippen LogP contribution in [0.5, 0.6) is 0 Å². The van der Waals surface area contributed by atoms with Crippen LogP contribution >= 0.6 is 11.8 Å². The van der Waals surface area contributed by atoms with Gasteiger partial charge in [-0.15, -0.1) is 0 Å². The van der Waals surface area contributed by atoms with E-state index in [-0.39, 0.29) is 23.7 Å². The van der Waals surface area contributed by atoms with E-state index in [1.807, 2.05) is 57.2 Å². The van der Waals surface area contributed by atoms with E-state index in [4.69, 9.17) is 0 Å².